The standard InChI is InChI=1S/C7H9N3O/c1-5(9)7-10-6(2-3-8)4-11-7/h4-5H,2,9H2,1H3/t5-/m1/s1. The number of nitriles is 1. The van der Waals surface area contributed by atoms with E-state index in [4.69, 9.17) is 15.4 Å². The molecule has 58 valence electrons. The van der Waals surface area contributed by atoms with Crippen LogP contribution in [0.5, 0.6) is 0 Å². The average molecular weight is 151 g/mol. The van der Waals surface area contributed by atoms with Gasteiger partial charge < -0.3 is 10.2 Å². The van der Waals surface area contributed by atoms with Crippen LogP contribution in [0.25, 0.3) is 0 Å². The van der Waals surface area contributed by atoms with E-state index in [0.717, 1.165) is 0 Å². The van der Waals surface area contributed by atoms with Crippen LogP contribution >= 0.6 is 0 Å². The maximum atomic E-state index is 8.30. The van der Waals surface area contributed by atoms with Crippen molar-refractivity contribution in [2.24, 2.45) is 5.73 Å². The molecule has 0 radical (unpaired) electrons. The van der Waals surface area contributed by atoms with Gasteiger partial charge in [0.25, 0.3) is 0 Å². The molecule has 1 atom stereocenters. The van der Waals surface area contributed by atoms with Gasteiger partial charge >= 0.3 is 0 Å². The van der Waals surface area contributed by atoms with Gasteiger partial charge in [0.1, 0.15) is 6.26 Å². The fourth-order valence-corrected chi connectivity index (χ4v) is 0.694. The number of nitrogens with two attached hydrogens (primary N) is 1. The Morgan fingerprint density at radius 3 is 3.09 bits per heavy atom. The fourth-order valence-electron chi connectivity index (χ4n) is 0.694. The summed E-state index contributed by atoms with van der Waals surface area (Å²) in [4.78, 5) is 3.99. The summed E-state index contributed by atoms with van der Waals surface area (Å²) in [5.41, 5.74) is 6.12. The molecule has 0 spiro atoms. The summed E-state index contributed by atoms with van der Waals surface area (Å²) in [6.07, 6.45) is 1.73. The molecule has 0 aliphatic rings. The molecule has 4 nitrogen and oxygen atoms in total. The predicted molar refractivity (Wildman–Crippen MR) is 38.4 cm³/mol. The molecule has 1 aromatic heterocycles. The number of nitrogens with zero attached hydrogens (tertiary/aromatic N) is 2. The number of hydrogen-bond acceptors (Lipinski definition) is 4. The van der Waals surface area contributed by atoms with E-state index in [1.165, 1.54) is 6.26 Å². The zero-order valence-corrected chi connectivity index (χ0v) is 6.24. The molecule has 0 bridgehead atoms. The van der Waals surface area contributed by atoms with E-state index < -0.39 is 0 Å². The predicted octanol–water partition coefficient (Wildman–Crippen LogP) is 0.760. The highest BCUT2D eigenvalue weighted by atomic mass is 16.3. The lowest BCUT2D eigenvalue weighted by atomic mass is 10.3. The molecule has 1 aromatic rings. The van der Waals surface area contributed by atoms with Crippen LogP contribution in [0.2, 0.25) is 0 Å². The zero-order valence-electron chi connectivity index (χ0n) is 6.24. The molecule has 0 fully saturated rings. The number of rotatable bonds is 2. The molecule has 0 amide bonds. The van der Waals surface area contributed by atoms with Crippen molar-refractivity contribution in [1.82, 2.24) is 4.98 Å². The van der Waals surface area contributed by atoms with Crippen molar-refractivity contribution >= 4 is 0 Å². The summed E-state index contributed by atoms with van der Waals surface area (Å²) in [6.45, 7) is 1.78. The Hall–Kier alpha value is -1.34. The van der Waals surface area contributed by atoms with E-state index in [1.807, 2.05) is 6.07 Å². The quantitative estimate of drug-likeness (QED) is 0.677. The number of hydrogen-bond donors (Lipinski definition) is 1. The van der Waals surface area contributed by atoms with Gasteiger partial charge in [-0.1, -0.05) is 0 Å². The van der Waals surface area contributed by atoms with Crippen LogP contribution in [0.1, 0.15) is 24.6 Å². The molecule has 0 aromatic carbocycles. The molecule has 0 unspecified atom stereocenters. The summed E-state index contributed by atoms with van der Waals surface area (Å²) >= 11 is 0. The van der Waals surface area contributed by atoms with Crippen LogP contribution in [0.3, 0.4) is 0 Å². The van der Waals surface area contributed by atoms with Gasteiger partial charge in [0.15, 0.2) is 0 Å². The molecule has 0 aliphatic heterocycles. The zero-order chi connectivity index (χ0) is 8.27. The van der Waals surface area contributed by atoms with E-state index in [0.29, 0.717) is 11.6 Å². The van der Waals surface area contributed by atoms with Crippen molar-refractivity contribution in [2.75, 3.05) is 0 Å². The molecular weight excluding hydrogens is 142 g/mol. The minimum Gasteiger partial charge on any atom is -0.447 e. The van der Waals surface area contributed by atoms with Gasteiger partial charge in [0.05, 0.1) is 24.2 Å². The summed E-state index contributed by atoms with van der Waals surface area (Å²) < 4.78 is 4.99. The van der Waals surface area contributed by atoms with E-state index in [9.17, 15) is 0 Å². The van der Waals surface area contributed by atoms with Gasteiger partial charge in [-0.2, -0.15) is 5.26 Å². The Morgan fingerprint density at radius 2 is 2.64 bits per heavy atom. The third-order valence-electron chi connectivity index (χ3n) is 1.22. The average Bonchev–Trinajstić information content (AvgIpc) is 2.37. The summed E-state index contributed by atoms with van der Waals surface area (Å²) in [5, 5.41) is 8.30. The normalized spacial score (nSPS) is 12.5. The topological polar surface area (TPSA) is 75.8 Å². The van der Waals surface area contributed by atoms with E-state index in [1.54, 1.807) is 6.92 Å². The lowest BCUT2D eigenvalue weighted by molar-refractivity contribution is 0.463. The molecule has 11 heavy (non-hydrogen) atoms. The van der Waals surface area contributed by atoms with Crippen molar-refractivity contribution in [3.05, 3.63) is 17.8 Å². The second kappa shape index (κ2) is 3.17. The number of aromatic nitrogens is 1. The van der Waals surface area contributed by atoms with Crippen molar-refractivity contribution in [1.29, 1.82) is 5.26 Å². The second-order valence-corrected chi connectivity index (χ2v) is 2.30. The highest BCUT2D eigenvalue weighted by molar-refractivity contribution is 5.03. The summed E-state index contributed by atoms with van der Waals surface area (Å²) in [6, 6.07) is 1.77. The van der Waals surface area contributed by atoms with Crippen molar-refractivity contribution in [3.8, 4) is 6.07 Å². The smallest absolute Gasteiger partial charge is 0.210 e. The monoisotopic (exact) mass is 151 g/mol. The summed E-state index contributed by atoms with van der Waals surface area (Å²) in [5.74, 6) is 0.482. The van der Waals surface area contributed by atoms with Crippen LogP contribution in [-0.4, -0.2) is 4.98 Å². The maximum Gasteiger partial charge on any atom is 0.210 e. The van der Waals surface area contributed by atoms with Crippen LogP contribution in [0.4, 0.5) is 0 Å². The molecule has 0 saturated carbocycles. The Balaban J connectivity index is 2.75. The largest absolute Gasteiger partial charge is 0.447 e. The second-order valence-electron chi connectivity index (χ2n) is 2.30. The highest BCUT2D eigenvalue weighted by Crippen LogP contribution is 2.08. The van der Waals surface area contributed by atoms with Gasteiger partial charge in [0.2, 0.25) is 5.89 Å². The van der Waals surface area contributed by atoms with Crippen molar-refractivity contribution in [2.45, 2.75) is 19.4 Å². The minimum absolute atomic E-state index is 0.206. The van der Waals surface area contributed by atoms with Gasteiger partial charge in [-0.05, 0) is 6.92 Å². The molecule has 1 heterocycles. The first-order valence-corrected chi connectivity index (χ1v) is 3.31. The van der Waals surface area contributed by atoms with Crippen LogP contribution < -0.4 is 5.73 Å². The lowest BCUT2D eigenvalue weighted by Gasteiger charge is -1.94. The van der Waals surface area contributed by atoms with Crippen molar-refractivity contribution in [3.63, 3.8) is 0 Å². The fraction of sp³-hybridized carbons (Fsp3) is 0.429. The summed E-state index contributed by atoms with van der Waals surface area (Å²) in [7, 11) is 0. The van der Waals surface area contributed by atoms with E-state index >= 15 is 0 Å². The van der Waals surface area contributed by atoms with Crippen molar-refractivity contribution < 1.29 is 4.42 Å². The van der Waals surface area contributed by atoms with Gasteiger partial charge in [-0.25, -0.2) is 4.98 Å². The van der Waals surface area contributed by atoms with E-state index in [2.05, 4.69) is 4.98 Å². The third kappa shape index (κ3) is 1.79. The first-order valence-electron chi connectivity index (χ1n) is 3.31. The van der Waals surface area contributed by atoms with Gasteiger partial charge in [-0.15, -0.1) is 0 Å². The van der Waals surface area contributed by atoms with Crippen LogP contribution in [0, 0.1) is 11.3 Å². The first-order chi connectivity index (χ1) is 5.24. The van der Waals surface area contributed by atoms with Gasteiger partial charge in [0, 0.05) is 0 Å². The molecule has 0 aliphatic carbocycles. The minimum atomic E-state index is -0.206. The first kappa shape index (κ1) is 7.76. The molecule has 0 saturated heterocycles. The van der Waals surface area contributed by atoms with Gasteiger partial charge in [-0.3, -0.25) is 0 Å². The van der Waals surface area contributed by atoms with Crippen LogP contribution in [-0.2, 0) is 6.42 Å². The number of oxazole rings is 1. The van der Waals surface area contributed by atoms with Crippen LogP contribution in [0.15, 0.2) is 10.7 Å². The highest BCUT2D eigenvalue weighted by Gasteiger charge is 2.06. The molecule has 4 heteroatoms. The maximum absolute atomic E-state index is 8.30. The molecule has 1 rings (SSSR count). The Morgan fingerprint density at radius 1 is 1.91 bits per heavy atom. The Bertz CT molecular complexity index is 271. The Labute approximate surface area is 64.6 Å². The third-order valence-corrected chi connectivity index (χ3v) is 1.22. The SMILES string of the molecule is C[C@@H](N)c1nc(CC#N)co1. The van der Waals surface area contributed by atoms with E-state index in [-0.39, 0.29) is 12.5 Å². The molecule has 2 N–H and O–H groups in total. The molecular formula is C7H9N3O. The lowest BCUT2D eigenvalue weighted by Crippen LogP contribution is -2.05. The Kier molecular flexibility index (Phi) is 2.24.